The summed E-state index contributed by atoms with van der Waals surface area (Å²) in [6.45, 7) is 3.54. The lowest BCUT2D eigenvalue weighted by Gasteiger charge is -2.41. The highest BCUT2D eigenvalue weighted by Crippen LogP contribution is 2.39. The number of aliphatic hydroxyl groups excluding tert-OH is 6. The summed E-state index contributed by atoms with van der Waals surface area (Å²) < 4.78 is 21.9. The predicted octanol–water partition coefficient (Wildman–Crippen LogP) is -2.30. The van der Waals surface area contributed by atoms with Crippen molar-refractivity contribution < 1.29 is 83.2 Å². The number of rotatable bonds is 19. The molecule has 0 saturated carbocycles. The molecule has 10 atom stereocenters. The summed E-state index contributed by atoms with van der Waals surface area (Å²) in [5, 5.41) is 63.4. The number of hydroxylamine groups is 2. The van der Waals surface area contributed by atoms with Gasteiger partial charge in [0.15, 0.2) is 12.6 Å². The van der Waals surface area contributed by atoms with Gasteiger partial charge in [-0.25, -0.2) is 4.79 Å². The highest BCUT2D eigenvalue weighted by molar-refractivity contribution is 6.01. The van der Waals surface area contributed by atoms with Crippen molar-refractivity contribution in [3.05, 3.63) is 0 Å². The van der Waals surface area contributed by atoms with Crippen molar-refractivity contribution >= 4 is 35.4 Å². The summed E-state index contributed by atoms with van der Waals surface area (Å²) in [5.74, 6) is -2.59. The fourth-order valence-corrected chi connectivity index (χ4v) is 7.20. The lowest BCUT2D eigenvalue weighted by molar-refractivity contribution is -0.293. The van der Waals surface area contributed by atoms with Gasteiger partial charge in [-0.05, 0) is 51.4 Å². The molecule has 4 aliphatic heterocycles. The second-order valence-electron chi connectivity index (χ2n) is 15.1. The number of amides is 4. The van der Waals surface area contributed by atoms with E-state index in [-0.39, 0.29) is 102 Å². The van der Waals surface area contributed by atoms with Gasteiger partial charge in [0.05, 0.1) is 25.4 Å². The summed E-state index contributed by atoms with van der Waals surface area (Å²) in [7, 11) is 0. The summed E-state index contributed by atoms with van der Waals surface area (Å²) in [5.41, 5.74) is -0.787. The molecule has 0 aromatic rings. The summed E-state index contributed by atoms with van der Waals surface area (Å²) >= 11 is 0. The molecule has 20 nitrogen and oxygen atoms in total. The number of hydrogen-bond acceptors (Lipinski definition) is 17. The smallest absolute Gasteiger partial charge is 0.333 e. The van der Waals surface area contributed by atoms with Crippen molar-refractivity contribution in [2.24, 2.45) is 5.41 Å². The average Bonchev–Trinajstić information content (AvgIpc) is 3.47. The van der Waals surface area contributed by atoms with E-state index in [1.807, 2.05) is 0 Å². The Kier molecular flexibility index (Phi) is 17.1. The molecule has 4 heterocycles. The predicted molar refractivity (Wildman–Crippen MR) is 187 cm³/mol. The Hall–Kier alpha value is -3.18. The molecule has 7 N–H and O–H groups in total. The molecular formula is C36H57N3O17. The SMILES string of the molecule is C[C@@H]1O[C@@H](OCCCC(=O)CC2(CC(=O)NCCO[C@@H]3O[C@@H](C)[C@@H](O)[C@@H](O)[C@@H]3O)CCN(C(=O)CCCCC(=O)ON3C(=O)CCC3=O)CC2)[C@@H](O)[C@H](O)[C@@H]1O. The number of piperidine rings is 1. The molecule has 0 radical (unpaired) electrons. The van der Waals surface area contributed by atoms with E-state index in [4.69, 9.17) is 23.8 Å². The molecule has 4 saturated heterocycles. The Balaban J connectivity index is 1.24. The third kappa shape index (κ3) is 12.4. The Bertz CT molecular complexity index is 1300. The molecule has 0 bridgehead atoms. The first-order valence-electron chi connectivity index (χ1n) is 19.3. The Morgan fingerprint density at radius 2 is 1.25 bits per heavy atom. The van der Waals surface area contributed by atoms with Crippen molar-refractivity contribution in [3.8, 4) is 0 Å². The number of Topliss-reactive ketones (excluding diaryl/α,β-unsaturated/α-hetero) is 1. The Morgan fingerprint density at radius 1 is 0.714 bits per heavy atom. The molecule has 56 heavy (non-hydrogen) atoms. The maximum absolute atomic E-state index is 13.3. The number of imide groups is 1. The first kappa shape index (κ1) is 45.5. The average molecular weight is 804 g/mol. The van der Waals surface area contributed by atoms with Crippen LogP contribution < -0.4 is 5.32 Å². The zero-order chi connectivity index (χ0) is 41.2. The third-order valence-electron chi connectivity index (χ3n) is 10.7. The largest absolute Gasteiger partial charge is 0.388 e. The Labute approximate surface area is 324 Å². The second-order valence-corrected chi connectivity index (χ2v) is 15.1. The molecule has 4 rings (SSSR count). The first-order valence-corrected chi connectivity index (χ1v) is 19.3. The molecule has 0 aromatic carbocycles. The number of carbonyl (C=O) groups excluding carboxylic acids is 6. The summed E-state index contributed by atoms with van der Waals surface area (Å²) in [6.07, 6.45) is -10.8. The molecule has 4 aliphatic rings. The molecule has 20 heteroatoms. The Morgan fingerprint density at radius 3 is 1.82 bits per heavy atom. The van der Waals surface area contributed by atoms with Crippen LogP contribution in [0.2, 0.25) is 0 Å². The normalized spacial score (nSPS) is 32.0. The van der Waals surface area contributed by atoms with Crippen LogP contribution in [0.4, 0.5) is 0 Å². The molecule has 0 spiro atoms. The number of nitrogens with one attached hydrogen (secondary N) is 1. The number of nitrogens with zero attached hydrogens (tertiary/aromatic N) is 2. The van der Waals surface area contributed by atoms with Crippen molar-refractivity contribution in [2.45, 2.75) is 152 Å². The molecular weight excluding hydrogens is 746 g/mol. The van der Waals surface area contributed by atoms with Gasteiger partial charge in [0.1, 0.15) is 42.4 Å². The van der Waals surface area contributed by atoms with Crippen molar-refractivity contribution in [1.29, 1.82) is 0 Å². The standard InChI is InChI=1S/C36H57N3O17/c1-20-28(46)30(48)32(50)34(54-20)52-16-5-6-22(40)18-36(19-23(41)37-13-17-53-35-33(51)31(49)29(47)21(2)55-35)11-14-38(15-12-36)24(42)7-3-4-8-27(45)56-39-25(43)9-10-26(39)44/h20-21,28-35,46-51H,3-19H2,1-2H3,(H,37,41)/t20-,21-,28+,29+,30+,31+,32-,33-,34+,35+/m0/s1. The molecule has 0 aromatic heterocycles. The lowest BCUT2D eigenvalue weighted by Crippen LogP contribution is -2.57. The second kappa shape index (κ2) is 21.0. The third-order valence-corrected chi connectivity index (χ3v) is 10.7. The van der Waals surface area contributed by atoms with Crippen LogP contribution in [0.25, 0.3) is 0 Å². The molecule has 4 fully saturated rings. The van der Waals surface area contributed by atoms with E-state index in [1.54, 1.807) is 4.90 Å². The minimum Gasteiger partial charge on any atom is -0.388 e. The highest BCUT2D eigenvalue weighted by atomic mass is 16.7. The van der Waals surface area contributed by atoms with Gasteiger partial charge in [0.25, 0.3) is 11.8 Å². The zero-order valence-corrected chi connectivity index (χ0v) is 31.9. The van der Waals surface area contributed by atoms with Crippen LogP contribution in [-0.2, 0) is 52.6 Å². The van der Waals surface area contributed by atoms with Gasteiger partial charge in [-0.15, -0.1) is 5.06 Å². The van der Waals surface area contributed by atoms with E-state index in [1.165, 1.54) is 13.8 Å². The van der Waals surface area contributed by atoms with Crippen LogP contribution in [-0.4, -0.2) is 170 Å². The van der Waals surface area contributed by atoms with E-state index >= 15 is 0 Å². The maximum atomic E-state index is 13.3. The first-order chi connectivity index (χ1) is 26.5. The minimum atomic E-state index is -1.50. The zero-order valence-electron chi connectivity index (χ0n) is 31.9. The number of likely N-dealkylation sites (tertiary alicyclic amines) is 1. The quantitative estimate of drug-likeness (QED) is 0.0534. The van der Waals surface area contributed by atoms with Crippen LogP contribution in [0.1, 0.15) is 90.9 Å². The van der Waals surface area contributed by atoms with E-state index < -0.39 is 84.6 Å². The van der Waals surface area contributed by atoms with Crippen LogP contribution in [0.15, 0.2) is 0 Å². The summed E-state index contributed by atoms with van der Waals surface area (Å²) in [4.78, 5) is 81.5. The lowest BCUT2D eigenvalue weighted by atomic mass is 9.71. The van der Waals surface area contributed by atoms with Gasteiger partial charge in [-0.1, -0.05) is 0 Å². The van der Waals surface area contributed by atoms with Crippen molar-refractivity contribution in [1.82, 2.24) is 15.3 Å². The molecule has 0 aliphatic carbocycles. The van der Waals surface area contributed by atoms with Crippen LogP contribution in [0.3, 0.4) is 0 Å². The van der Waals surface area contributed by atoms with E-state index in [0.717, 1.165) is 0 Å². The van der Waals surface area contributed by atoms with Crippen LogP contribution >= 0.6 is 0 Å². The van der Waals surface area contributed by atoms with Gasteiger partial charge in [0.2, 0.25) is 11.8 Å². The number of ether oxygens (including phenoxy) is 4. The van der Waals surface area contributed by atoms with Gasteiger partial charge < -0.3 is 64.6 Å². The van der Waals surface area contributed by atoms with E-state index in [2.05, 4.69) is 5.32 Å². The van der Waals surface area contributed by atoms with Gasteiger partial charge >= 0.3 is 5.97 Å². The molecule has 4 amide bonds. The fraction of sp³-hybridized carbons (Fsp3) is 0.833. The van der Waals surface area contributed by atoms with E-state index in [9.17, 15) is 59.4 Å². The number of aliphatic hydroxyl groups is 6. The van der Waals surface area contributed by atoms with Crippen LogP contribution in [0.5, 0.6) is 0 Å². The highest BCUT2D eigenvalue weighted by Gasteiger charge is 2.44. The van der Waals surface area contributed by atoms with Gasteiger partial charge in [0, 0.05) is 64.6 Å². The summed E-state index contributed by atoms with van der Waals surface area (Å²) in [6, 6.07) is 0. The maximum Gasteiger partial charge on any atom is 0.333 e. The molecule has 0 unspecified atom stereocenters. The number of unbranched alkanes of at least 4 members (excludes halogenated alkanes) is 1. The number of hydrogen-bond donors (Lipinski definition) is 7. The van der Waals surface area contributed by atoms with Crippen molar-refractivity contribution in [2.75, 3.05) is 32.8 Å². The topological polar surface area (TPSA) is 288 Å². The van der Waals surface area contributed by atoms with Crippen molar-refractivity contribution in [3.63, 3.8) is 0 Å². The fourth-order valence-electron chi connectivity index (χ4n) is 7.20. The minimum absolute atomic E-state index is 0.0116. The van der Waals surface area contributed by atoms with Gasteiger partial charge in [-0.2, -0.15) is 0 Å². The number of ketones is 1. The monoisotopic (exact) mass is 803 g/mol. The molecule has 318 valence electrons. The number of carbonyl (C=O) groups is 6. The van der Waals surface area contributed by atoms with Gasteiger partial charge in [-0.3, -0.25) is 24.0 Å². The van der Waals surface area contributed by atoms with Crippen LogP contribution in [0, 0.1) is 5.41 Å². The van der Waals surface area contributed by atoms with E-state index in [0.29, 0.717) is 30.7 Å².